The monoisotopic (exact) mass is 530 g/mol. The van der Waals surface area contributed by atoms with Gasteiger partial charge in [0, 0.05) is 12.0 Å². The maximum Gasteiger partial charge on any atom is 0.495 e. The number of hydrogen-bond acceptors (Lipinski definition) is 7. The minimum absolute atomic E-state index is 0.0313. The minimum atomic E-state index is -5.34. The maximum absolute atomic E-state index is 13.6. The van der Waals surface area contributed by atoms with Crippen LogP contribution in [0, 0.1) is 5.41 Å². The Morgan fingerprint density at radius 3 is 2.03 bits per heavy atom. The SMILES string of the molecule is CC(C)c1cccc(C(C)C)c1C(C(=O)OOC(=O)C(F)(F)F)C1(CNC(=O)[C@@H](N)CO)CCCCC1. The number of alkyl halides is 3. The quantitative estimate of drug-likeness (QED) is 0.326. The van der Waals surface area contributed by atoms with Gasteiger partial charge in [-0.25, -0.2) is 19.4 Å². The summed E-state index contributed by atoms with van der Waals surface area (Å²) in [5.41, 5.74) is 6.90. The van der Waals surface area contributed by atoms with Crippen LogP contribution in [-0.2, 0) is 24.2 Å². The topological polar surface area (TPSA) is 128 Å². The molecule has 1 aromatic carbocycles. The van der Waals surface area contributed by atoms with Crippen molar-refractivity contribution in [2.45, 2.75) is 89.8 Å². The van der Waals surface area contributed by atoms with Gasteiger partial charge in [-0.15, -0.1) is 0 Å². The summed E-state index contributed by atoms with van der Waals surface area (Å²) in [5, 5.41) is 12.0. The average molecular weight is 531 g/mol. The molecule has 8 nitrogen and oxygen atoms in total. The molecule has 2 rings (SSSR count). The molecule has 1 amide bonds. The van der Waals surface area contributed by atoms with E-state index in [-0.39, 0.29) is 18.4 Å². The van der Waals surface area contributed by atoms with Crippen molar-refractivity contribution in [2.24, 2.45) is 11.1 Å². The molecule has 1 aromatic rings. The van der Waals surface area contributed by atoms with Crippen molar-refractivity contribution in [3.63, 3.8) is 0 Å². The van der Waals surface area contributed by atoms with E-state index < -0.39 is 48.0 Å². The van der Waals surface area contributed by atoms with Gasteiger partial charge < -0.3 is 16.2 Å². The van der Waals surface area contributed by atoms with Gasteiger partial charge in [0.25, 0.3) is 0 Å². The lowest BCUT2D eigenvalue weighted by molar-refractivity contribution is -0.288. The Balaban J connectivity index is 2.67. The van der Waals surface area contributed by atoms with Crippen molar-refractivity contribution in [1.29, 1.82) is 0 Å². The van der Waals surface area contributed by atoms with Crippen molar-refractivity contribution < 1.29 is 42.4 Å². The fourth-order valence-corrected chi connectivity index (χ4v) is 5.09. The van der Waals surface area contributed by atoms with Crippen molar-refractivity contribution in [3.05, 3.63) is 34.9 Å². The van der Waals surface area contributed by atoms with Crippen LogP contribution in [0.5, 0.6) is 0 Å². The number of nitrogens with two attached hydrogens (primary N) is 1. The number of aliphatic hydroxyl groups excluding tert-OH is 1. The second kappa shape index (κ2) is 12.7. The van der Waals surface area contributed by atoms with E-state index >= 15 is 0 Å². The lowest BCUT2D eigenvalue weighted by Crippen LogP contribution is -2.50. The van der Waals surface area contributed by atoms with Gasteiger partial charge in [-0.1, -0.05) is 65.2 Å². The summed E-state index contributed by atoms with van der Waals surface area (Å²) in [5.74, 6) is -5.66. The van der Waals surface area contributed by atoms with Gasteiger partial charge in [0.2, 0.25) is 5.91 Å². The highest BCUT2D eigenvalue weighted by Crippen LogP contribution is 2.51. The zero-order chi connectivity index (χ0) is 28.0. The predicted octanol–water partition coefficient (Wildman–Crippen LogP) is 3.97. The van der Waals surface area contributed by atoms with E-state index in [1.165, 1.54) is 0 Å². The first kappa shape index (κ1) is 30.6. The molecule has 0 radical (unpaired) electrons. The third kappa shape index (κ3) is 7.44. The van der Waals surface area contributed by atoms with E-state index in [1.807, 2.05) is 45.9 Å². The summed E-state index contributed by atoms with van der Waals surface area (Å²) in [4.78, 5) is 45.9. The summed E-state index contributed by atoms with van der Waals surface area (Å²) < 4.78 is 38.3. The van der Waals surface area contributed by atoms with Crippen molar-refractivity contribution in [1.82, 2.24) is 5.32 Å². The van der Waals surface area contributed by atoms with Gasteiger partial charge in [-0.3, -0.25) is 4.79 Å². The van der Waals surface area contributed by atoms with Crippen molar-refractivity contribution in [2.75, 3.05) is 13.2 Å². The summed E-state index contributed by atoms with van der Waals surface area (Å²) in [6.07, 6.45) is -2.15. The summed E-state index contributed by atoms with van der Waals surface area (Å²) in [6.45, 7) is 7.13. The Bertz CT molecular complexity index is 932. The second-order valence-corrected chi connectivity index (χ2v) is 10.3. The zero-order valence-electron chi connectivity index (χ0n) is 21.7. The molecule has 0 aromatic heterocycles. The first-order valence-corrected chi connectivity index (χ1v) is 12.5. The van der Waals surface area contributed by atoms with Gasteiger partial charge >= 0.3 is 18.1 Å². The summed E-state index contributed by atoms with van der Waals surface area (Å²) >= 11 is 0. The van der Waals surface area contributed by atoms with Crippen LogP contribution in [0.4, 0.5) is 13.2 Å². The number of carbonyl (C=O) groups is 3. The van der Waals surface area contributed by atoms with Crippen LogP contribution in [0.1, 0.15) is 94.2 Å². The van der Waals surface area contributed by atoms with Crippen LogP contribution in [0.3, 0.4) is 0 Å². The third-order valence-electron chi connectivity index (χ3n) is 6.98. The standard InChI is InChI=1S/C26H37F3N2O6/c1-15(2)17-9-8-10-18(16(3)4)20(17)21(23(34)36-37-24(35)26(27,28)29)25(11-6-5-7-12-25)14-31-22(33)19(30)13-32/h8-10,15-16,19,21,32H,5-7,11-14,30H2,1-4H3,(H,31,33)/t19-,21?/m0/s1. The van der Waals surface area contributed by atoms with E-state index in [0.29, 0.717) is 31.2 Å². The maximum atomic E-state index is 13.6. The third-order valence-corrected chi connectivity index (χ3v) is 6.98. The first-order chi connectivity index (χ1) is 17.2. The number of halogens is 3. The molecule has 1 aliphatic carbocycles. The van der Waals surface area contributed by atoms with Crippen LogP contribution in [0.2, 0.25) is 0 Å². The van der Waals surface area contributed by atoms with Crippen LogP contribution < -0.4 is 11.1 Å². The average Bonchev–Trinajstić information content (AvgIpc) is 2.85. The molecule has 0 bridgehead atoms. The van der Waals surface area contributed by atoms with E-state index in [2.05, 4.69) is 15.1 Å². The highest BCUT2D eigenvalue weighted by Gasteiger charge is 2.49. The van der Waals surface area contributed by atoms with E-state index in [9.17, 15) is 32.7 Å². The largest absolute Gasteiger partial charge is 0.495 e. The number of carbonyl (C=O) groups excluding carboxylic acids is 3. The van der Waals surface area contributed by atoms with Crippen LogP contribution in [0.15, 0.2) is 18.2 Å². The Morgan fingerprint density at radius 1 is 1.03 bits per heavy atom. The second-order valence-electron chi connectivity index (χ2n) is 10.3. The minimum Gasteiger partial charge on any atom is -0.394 e. The predicted molar refractivity (Wildman–Crippen MR) is 129 cm³/mol. The number of nitrogens with one attached hydrogen (secondary N) is 1. The fourth-order valence-electron chi connectivity index (χ4n) is 5.09. The number of hydrogen-bond donors (Lipinski definition) is 3. The van der Waals surface area contributed by atoms with Gasteiger partial charge in [-0.2, -0.15) is 13.2 Å². The smallest absolute Gasteiger partial charge is 0.394 e. The fraction of sp³-hybridized carbons (Fsp3) is 0.654. The Labute approximate surface area is 215 Å². The van der Waals surface area contributed by atoms with E-state index in [1.54, 1.807) is 0 Å². The van der Waals surface area contributed by atoms with Crippen molar-refractivity contribution in [3.8, 4) is 0 Å². The molecule has 0 spiro atoms. The molecular weight excluding hydrogens is 493 g/mol. The van der Waals surface area contributed by atoms with E-state index in [0.717, 1.165) is 17.5 Å². The molecule has 208 valence electrons. The van der Waals surface area contributed by atoms with E-state index in [4.69, 9.17) is 5.73 Å². The van der Waals surface area contributed by atoms with Crippen LogP contribution in [0.25, 0.3) is 0 Å². The van der Waals surface area contributed by atoms with Gasteiger partial charge in [0.15, 0.2) is 0 Å². The zero-order valence-corrected chi connectivity index (χ0v) is 21.7. The molecule has 1 unspecified atom stereocenters. The normalized spacial score (nSPS) is 17.3. The summed E-state index contributed by atoms with van der Waals surface area (Å²) in [6, 6.07) is 4.39. The number of amides is 1. The molecular formula is C26H37F3N2O6. The van der Waals surface area contributed by atoms with Gasteiger partial charge in [-0.05, 0) is 41.4 Å². The number of benzene rings is 1. The lowest BCUT2D eigenvalue weighted by atomic mass is 9.61. The highest BCUT2D eigenvalue weighted by atomic mass is 19.4. The molecule has 0 saturated heterocycles. The molecule has 11 heteroatoms. The number of aliphatic hydroxyl groups is 1. The van der Waals surface area contributed by atoms with Crippen molar-refractivity contribution >= 4 is 17.8 Å². The lowest BCUT2D eigenvalue weighted by Gasteiger charge is -2.44. The molecule has 1 fully saturated rings. The highest BCUT2D eigenvalue weighted by molar-refractivity contribution is 5.83. The molecule has 0 heterocycles. The van der Waals surface area contributed by atoms with Gasteiger partial charge in [0.05, 0.1) is 12.5 Å². The number of rotatable bonds is 9. The molecule has 0 aliphatic heterocycles. The Morgan fingerprint density at radius 2 is 1.57 bits per heavy atom. The Kier molecular flexibility index (Phi) is 10.5. The Hall–Kier alpha value is -2.66. The summed E-state index contributed by atoms with van der Waals surface area (Å²) in [7, 11) is 0. The van der Waals surface area contributed by atoms with Gasteiger partial charge in [0.1, 0.15) is 6.04 Å². The van der Waals surface area contributed by atoms with Crippen LogP contribution in [-0.4, -0.2) is 48.3 Å². The molecule has 4 N–H and O–H groups in total. The first-order valence-electron chi connectivity index (χ1n) is 12.5. The molecule has 1 aliphatic rings. The molecule has 2 atom stereocenters. The molecule has 37 heavy (non-hydrogen) atoms. The molecule has 1 saturated carbocycles. The van der Waals surface area contributed by atoms with Crippen LogP contribution >= 0.6 is 0 Å².